The number of hydrogen-bond acceptors (Lipinski definition) is 5. The third-order valence-electron chi connectivity index (χ3n) is 6.51. The predicted molar refractivity (Wildman–Crippen MR) is 133 cm³/mol. The Labute approximate surface area is 206 Å². The zero-order chi connectivity index (χ0) is 24.6. The lowest BCUT2D eigenvalue weighted by Crippen LogP contribution is -2.24. The van der Waals surface area contributed by atoms with E-state index in [1.165, 1.54) is 18.2 Å². The summed E-state index contributed by atoms with van der Waals surface area (Å²) in [6.07, 6.45) is 0.640. The van der Waals surface area contributed by atoms with Crippen LogP contribution in [0.15, 0.2) is 78.9 Å². The molecule has 2 atom stereocenters. The van der Waals surface area contributed by atoms with Crippen molar-refractivity contribution >= 4 is 11.9 Å². The number of hydrogen-bond donors (Lipinski definition) is 1. The van der Waals surface area contributed by atoms with Gasteiger partial charge in [-0.15, -0.1) is 0 Å². The Bertz CT molecular complexity index is 1110. The highest BCUT2D eigenvalue weighted by Crippen LogP contribution is 2.34. The number of likely N-dealkylation sites (tertiary alicyclic amines) is 1. The van der Waals surface area contributed by atoms with Gasteiger partial charge in [0, 0.05) is 32.0 Å². The molecule has 0 unspecified atom stereocenters. The van der Waals surface area contributed by atoms with Crippen molar-refractivity contribution in [2.45, 2.75) is 31.9 Å². The van der Waals surface area contributed by atoms with Crippen molar-refractivity contribution in [1.82, 2.24) is 4.90 Å². The Hall–Kier alpha value is -3.64. The molecule has 1 saturated heterocycles. The number of rotatable bonds is 10. The summed E-state index contributed by atoms with van der Waals surface area (Å²) < 4.78 is 11.0. The van der Waals surface area contributed by atoms with E-state index in [0.717, 1.165) is 30.0 Å². The number of carboxylic acid groups (broad SMARTS) is 1. The minimum absolute atomic E-state index is 0.125. The molecule has 6 heteroatoms. The maximum absolute atomic E-state index is 12.4. The maximum Gasteiger partial charge on any atom is 0.310 e. The Morgan fingerprint density at radius 2 is 1.54 bits per heavy atom. The first kappa shape index (κ1) is 24.5. The Morgan fingerprint density at radius 3 is 2.20 bits per heavy atom. The standard InChI is InChI=1S/C29H31NO5/c1-34-29(33)27-19-30(18-26(27)24-5-3-2-4-6-24)17-22-7-9-23(10-8-22)20-35-25-14-11-21(12-15-25)13-16-28(31)32/h2-12,14-15,26-27H,13,16-20H2,1H3,(H,31,32)/t26-,27+/m0/s1. The van der Waals surface area contributed by atoms with Crippen LogP contribution in [-0.2, 0) is 33.9 Å². The summed E-state index contributed by atoms with van der Waals surface area (Å²) in [5, 5.41) is 8.80. The molecule has 1 fully saturated rings. The first-order valence-electron chi connectivity index (χ1n) is 11.9. The van der Waals surface area contributed by atoms with Crippen LogP contribution in [0.25, 0.3) is 0 Å². The van der Waals surface area contributed by atoms with Crippen molar-refractivity contribution < 1.29 is 24.2 Å². The molecule has 0 radical (unpaired) electrons. The number of ether oxygens (including phenoxy) is 2. The normalized spacial score (nSPS) is 17.7. The van der Waals surface area contributed by atoms with Crippen molar-refractivity contribution in [2.24, 2.45) is 5.92 Å². The first-order chi connectivity index (χ1) is 17.0. The third-order valence-corrected chi connectivity index (χ3v) is 6.51. The molecule has 1 aliphatic rings. The molecule has 1 heterocycles. The van der Waals surface area contributed by atoms with Crippen LogP contribution in [0.5, 0.6) is 5.75 Å². The summed E-state index contributed by atoms with van der Waals surface area (Å²) in [6.45, 7) is 2.73. The van der Waals surface area contributed by atoms with E-state index < -0.39 is 5.97 Å². The zero-order valence-corrected chi connectivity index (χ0v) is 19.9. The second-order valence-electron chi connectivity index (χ2n) is 8.98. The van der Waals surface area contributed by atoms with Crippen LogP contribution >= 0.6 is 0 Å². The molecule has 3 aromatic rings. The van der Waals surface area contributed by atoms with Crippen LogP contribution in [0.2, 0.25) is 0 Å². The van der Waals surface area contributed by atoms with E-state index in [4.69, 9.17) is 14.6 Å². The van der Waals surface area contributed by atoms with E-state index in [2.05, 4.69) is 41.3 Å². The van der Waals surface area contributed by atoms with Crippen molar-refractivity contribution in [3.8, 4) is 5.75 Å². The van der Waals surface area contributed by atoms with E-state index in [1.807, 2.05) is 42.5 Å². The molecule has 0 saturated carbocycles. The molecular formula is C29H31NO5. The number of methoxy groups -OCH3 is 1. The molecule has 1 N–H and O–H groups in total. The molecule has 4 rings (SSSR count). The van der Waals surface area contributed by atoms with Gasteiger partial charge in [-0.1, -0.05) is 66.7 Å². The minimum atomic E-state index is -0.794. The first-order valence-corrected chi connectivity index (χ1v) is 11.9. The molecule has 182 valence electrons. The number of aryl methyl sites for hydroxylation is 1. The third kappa shape index (κ3) is 6.70. The zero-order valence-electron chi connectivity index (χ0n) is 19.9. The SMILES string of the molecule is COC(=O)[C@@H]1CN(Cc2ccc(COc3ccc(CCC(=O)O)cc3)cc2)C[C@H]1c1ccccc1. The predicted octanol–water partition coefficient (Wildman–Crippen LogP) is 4.67. The summed E-state index contributed by atoms with van der Waals surface area (Å²) in [5.41, 5.74) is 4.41. The van der Waals surface area contributed by atoms with Crippen LogP contribution in [0.4, 0.5) is 0 Å². The average molecular weight is 474 g/mol. The molecule has 0 aliphatic carbocycles. The van der Waals surface area contributed by atoms with Crippen molar-refractivity contribution in [2.75, 3.05) is 20.2 Å². The monoisotopic (exact) mass is 473 g/mol. The topological polar surface area (TPSA) is 76.1 Å². The van der Waals surface area contributed by atoms with Gasteiger partial charge < -0.3 is 14.6 Å². The van der Waals surface area contributed by atoms with Gasteiger partial charge in [-0.25, -0.2) is 0 Å². The van der Waals surface area contributed by atoms with Crippen LogP contribution in [-0.4, -0.2) is 42.1 Å². The molecule has 0 bridgehead atoms. The molecule has 0 amide bonds. The van der Waals surface area contributed by atoms with Gasteiger partial charge >= 0.3 is 11.9 Å². The Balaban J connectivity index is 1.31. The summed E-state index contributed by atoms with van der Waals surface area (Å²) in [6, 6.07) is 26.1. The second-order valence-corrected chi connectivity index (χ2v) is 8.98. The van der Waals surface area contributed by atoms with Crippen molar-refractivity contribution in [3.63, 3.8) is 0 Å². The molecule has 0 aromatic heterocycles. The molecule has 3 aromatic carbocycles. The Morgan fingerprint density at radius 1 is 0.886 bits per heavy atom. The Kier molecular flexibility index (Phi) is 8.16. The van der Waals surface area contributed by atoms with Gasteiger partial charge in [0.15, 0.2) is 0 Å². The van der Waals surface area contributed by atoms with Gasteiger partial charge in [-0.3, -0.25) is 14.5 Å². The summed E-state index contributed by atoms with van der Waals surface area (Å²) in [7, 11) is 1.46. The van der Waals surface area contributed by atoms with Crippen LogP contribution in [0.3, 0.4) is 0 Å². The van der Waals surface area contributed by atoms with E-state index in [9.17, 15) is 9.59 Å². The van der Waals surface area contributed by atoms with Crippen LogP contribution in [0, 0.1) is 5.92 Å². The lowest BCUT2D eigenvalue weighted by atomic mass is 9.89. The number of carbonyl (C=O) groups excluding carboxylic acids is 1. The molecular weight excluding hydrogens is 442 g/mol. The fourth-order valence-electron chi connectivity index (χ4n) is 4.61. The number of carbonyl (C=O) groups is 2. The van der Waals surface area contributed by atoms with Crippen molar-refractivity contribution in [1.29, 1.82) is 0 Å². The van der Waals surface area contributed by atoms with E-state index >= 15 is 0 Å². The maximum atomic E-state index is 12.4. The minimum Gasteiger partial charge on any atom is -0.489 e. The number of aliphatic carboxylic acids is 1. The highest BCUT2D eigenvalue weighted by molar-refractivity contribution is 5.74. The molecule has 0 spiro atoms. The van der Waals surface area contributed by atoms with Gasteiger partial charge in [0.1, 0.15) is 12.4 Å². The van der Waals surface area contributed by atoms with E-state index in [0.29, 0.717) is 19.6 Å². The van der Waals surface area contributed by atoms with E-state index in [-0.39, 0.29) is 24.2 Å². The number of nitrogens with zero attached hydrogens (tertiary/aromatic N) is 1. The highest BCUT2D eigenvalue weighted by Gasteiger charge is 2.39. The van der Waals surface area contributed by atoms with Crippen LogP contribution < -0.4 is 4.74 Å². The average Bonchev–Trinajstić information content (AvgIpc) is 3.31. The highest BCUT2D eigenvalue weighted by atomic mass is 16.5. The van der Waals surface area contributed by atoms with Crippen molar-refractivity contribution in [3.05, 3.63) is 101 Å². The smallest absolute Gasteiger partial charge is 0.310 e. The number of benzene rings is 3. The second kappa shape index (κ2) is 11.7. The fourth-order valence-corrected chi connectivity index (χ4v) is 4.61. The van der Waals surface area contributed by atoms with Gasteiger partial charge in [-0.2, -0.15) is 0 Å². The van der Waals surface area contributed by atoms with Gasteiger partial charge in [0.25, 0.3) is 0 Å². The number of carboxylic acids is 1. The van der Waals surface area contributed by atoms with E-state index in [1.54, 1.807) is 0 Å². The summed E-state index contributed by atoms with van der Waals surface area (Å²) >= 11 is 0. The number of esters is 1. The summed E-state index contributed by atoms with van der Waals surface area (Å²) in [4.78, 5) is 25.4. The van der Waals surface area contributed by atoms with Crippen LogP contribution in [0.1, 0.15) is 34.6 Å². The fraction of sp³-hybridized carbons (Fsp3) is 0.310. The largest absolute Gasteiger partial charge is 0.489 e. The van der Waals surface area contributed by atoms with Gasteiger partial charge in [0.05, 0.1) is 13.0 Å². The summed E-state index contributed by atoms with van der Waals surface area (Å²) in [5.74, 6) is -0.218. The lowest BCUT2D eigenvalue weighted by molar-refractivity contribution is -0.145. The lowest BCUT2D eigenvalue weighted by Gasteiger charge is -2.17. The quantitative estimate of drug-likeness (QED) is 0.431. The molecule has 1 aliphatic heterocycles. The molecule has 35 heavy (non-hydrogen) atoms. The molecule has 6 nitrogen and oxygen atoms in total. The van der Waals surface area contributed by atoms with Gasteiger partial charge in [0.2, 0.25) is 0 Å². The van der Waals surface area contributed by atoms with Gasteiger partial charge in [-0.05, 0) is 40.8 Å².